The van der Waals surface area contributed by atoms with Gasteiger partial charge < -0.3 is 15.5 Å². The Hall–Kier alpha value is -1.71. The number of nitrogens with two attached hydrogens (primary N) is 1. The van der Waals surface area contributed by atoms with Crippen molar-refractivity contribution < 1.29 is 4.79 Å². The lowest BCUT2D eigenvalue weighted by Gasteiger charge is -2.23. The van der Waals surface area contributed by atoms with Crippen LogP contribution in [-0.4, -0.2) is 37.0 Å². The fourth-order valence-corrected chi connectivity index (χ4v) is 2.18. The molecule has 1 aliphatic heterocycles. The number of amides is 1. The molecule has 0 bridgehead atoms. The summed E-state index contributed by atoms with van der Waals surface area (Å²) in [6.07, 6.45) is 1.02. The number of hydrogen-bond acceptors (Lipinski definition) is 3. The first kappa shape index (κ1) is 11.8. The first-order chi connectivity index (χ1) is 8.16. The summed E-state index contributed by atoms with van der Waals surface area (Å²) in [5.41, 5.74) is 7.65. The molecule has 0 radical (unpaired) electrons. The zero-order valence-corrected chi connectivity index (χ0v) is 10.2. The molecule has 0 saturated carbocycles. The quantitative estimate of drug-likeness (QED) is 0.744. The van der Waals surface area contributed by atoms with Crippen LogP contribution in [0.5, 0.6) is 0 Å². The van der Waals surface area contributed by atoms with Crippen molar-refractivity contribution in [3.05, 3.63) is 24.3 Å². The number of carbonyl (C=O) groups is 1. The molecule has 2 N–H and O–H groups in total. The van der Waals surface area contributed by atoms with E-state index in [1.165, 1.54) is 5.69 Å². The summed E-state index contributed by atoms with van der Waals surface area (Å²) < 4.78 is 0. The Balaban J connectivity index is 2.03. The third-order valence-electron chi connectivity index (χ3n) is 3.20. The largest absolute Gasteiger partial charge is 0.399 e. The van der Waals surface area contributed by atoms with Gasteiger partial charge in [0.05, 0.1) is 0 Å². The van der Waals surface area contributed by atoms with Gasteiger partial charge in [-0.25, -0.2) is 0 Å². The van der Waals surface area contributed by atoms with E-state index < -0.39 is 0 Å². The highest BCUT2D eigenvalue weighted by molar-refractivity contribution is 5.73. The second-order valence-corrected chi connectivity index (χ2v) is 4.44. The molecule has 0 aliphatic carbocycles. The molecular formula is C13H19N3O. The maximum Gasteiger partial charge on any atom is 0.219 e. The number of rotatable bonds is 1. The molecule has 0 atom stereocenters. The number of nitrogen functional groups attached to an aromatic ring is 1. The number of benzene rings is 1. The normalized spacial score (nSPS) is 16.8. The molecule has 1 aromatic rings. The summed E-state index contributed by atoms with van der Waals surface area (Å²) in [6, 6.07) is 7.92. The van der Waals surface area contributed by atoms with E-state index in [0.29, 0.717) is 0 Å². The topological polar surface area (TPSA) is 49.6 Å². The molecule has 1 fully saturated rings. The van der Waals surface area contributed by atoms with Crippen molar-refractivity contribution in [3.63, 3.8) is 0 Å². The predicted octanol–water partition coefficient (Wildman–Crippen LogP) is 1.33. The Morgan fingerprint density at radius 2 is 1.82 bits per heavy atom. The molecule has 4 nitrogen and oxygen atoms in total. The minimum Gasteiger partial charge on any atom is -0.399 e. The van der Waals surface area contributed by atoms with Gasteiger partial charge in [-0.15, -0.1) is 0 Å². The minimum atomic E-state index is 0.171. The van der Waals surface area contributed by atoms with Gasteiger partial charge in [0.15, 0.2) is 0 Å². The van der Waals surface area contributed by atoms with Crippen LogP contribution in [0, 0.1) is 0 Å². The Bertz CT molecular complexity index is 388. The van der Waals surface area contributed by atoms with Gasteiger partial charge in [0.1, 0.15) is 0 Å². The van der Waals surface area contributed by atoms with Gasteiger partial charge in [0.2, 0.25) is 5.91 Å². The Labute approximate surface area is 102 Å². The van der Waals surface area contributed by atoms with Crippen LogP contribution < -0.4 is 10.6 Å². The van der Waals surface area contributed by atoms with E-state index in [4.69, 9.17) is 5.73 Å². The van der Waals surface area contributed by atoms with Crippen LogP contribution in [0.3, 0.4) is 0 Å². The van der Waals surface area contributed by atoms with Crippen LogP contribution in [0.25, 0.3) is 0 Å². The van der Waals surface area contributed by atoms with Crippen LogP contribution in [0.2, 0.25) is 0 Å². The molecule has 1 amide bonds. The van der Waals surface area contributed by atoms with Crippen LogP contribution in [0.4, 0.5) is 11.4 Å². The maximum absolute atomic E-state index is 11.3. The molecule has 92 valence electrons. The maximum atomic E-state index is 11.3. The van der Waals surface area contributed by atoms with Gasteiger partial charge in [-0.2, -0.15) is 0 Å². The smallest absolute Gasteiger partial charge is 0.219 e. The molecule has 17 heavy (non-hydrogen) atoms. The number of carbonyl (C=O) groups excluding carboxylic acids is 1. The average molecular weight is 233 g/mol. The Kier molecular flexibility index (Phi) is 3.52. The standard InChI is InChI=1S/C13H19N3O/c1-11(17)15-7-2-8-16(10-9-15)13-5-3-12(14)4-6-13/h3-6H,2,7-10,14H2,1H3. The van der Waals surface area contributed by atoms with Crippen LogP contribution >= 0.6 is 0 Å². The molecule has 1 aliphatic rings. The average Bonchev–Trinajstić information content (AvgIpc) is 2.55. The van der Waals surface area contributed by atoms with Gasteiger partial charge in [-0.1, -0.05) is 0 Å². The first-order valence-electron chi connectivity index (χ1n) is 6.03. The highest BCUT2D eigenvalue weighted by atomic mass is 16.2. The van der Waals surface area contributed by atoms with Crippen molar-refractivity contribution in [3.8, 4) is 0 Å². The SMILES string of the molecule is CC(=O)N1CCCN(c2ccc(N)cc2)CC1. The van der Waals surface area contributed by atoms with Crippen molar-refractivity contribution in [1.82, 2.24) is 4.90 Å². The molecule has 1 heterocycles. The van der Waals surface area contributed by atoms with Crippen molar-refractivity contribution >= 4 is 17.3 Å². The van der Waals surface area contributed by atoms with Gasteiger partial charge in [0, 0.05) is 44.5 Å². The van der Waals surface area contributed by atoms with Crippen molar-refractivity contribution in [1.29, 1.82) is 0 Å². The van der Waals surface area contributed by atoms with Crippen LogP contribution in [0.1, 0.15) is 13.3 Å². The van der Waals surface area contributed by atoms with Crippen molar-refractivity contribution in [2.45, 2.75) is 13.3 Å². The lowest BCUT2D eigenvalue weighted by Crippen LogP contribution is -2.33. The highest BCUT2D eigenvalue weighted by Crippen LogP contribution is 2.18. The fraction of sp³-hybridized carbons (Fsp3) is 0.462. The molecule has 0 unspecified atom stereocenters. The summed E-state index contributed by atoms with van der Waals surface area (Å²) in [5, 5.41) is 0. The van der Waals surface area contributed by atoms with E-state index in [1.807, 2.05) is 29.2 Å². The van der Waals surface area contributed by atoms with Gasteiger partial charge in [0.25, 0.3) is 0 Å². The zero-order valence-electron chi connectivity index (χ0n) is 10.2. The van der Waals surface area contributed by atoms with Crippen molar-refractivity contribution in [2.75, 3.05) is 36.8 Å². The molecule has 2 rings (SSSR count). The van der Waals surface area contributed by atoms with Crippen LogP contribution in [0.15, 0.2) is 24.3 Å². The highest BCUT2D eigenvalue weighted by Gasteiger charge is 2.16. The van der Waals surface area contributed by atoms with E-state index in [-0.39, 0.29) is 5.91 Å². The lowest BCUT2D eigenvalue weighted by molar-refractivity contribution is -0.128. The second kappa shape index (κ2) is 5.08. The summed E-state index contributed by atoms with van der Waals surface area (Å²) in [4.78, 5) is 15.6. The van der Waals surface area contributed by atoms with E-state index in [1.54, 1.807) is 6.92 Å². The molecule has 1 aromatic carbocycles. The Morgan fingerprint density at radius 3 is 2.47 bits per heavy atom. The Morgan fingerprint density at radius 1 is 1.12 bits per heavy atom. The first-order valence-corrected chi connectivity index (χ1v) is 6.03. The van der Waals surface area contributed by atoms with E-state index in [9.17, 15) is 4.79 Å². The summed E-state index contributed by atoms with van der Waals surface area (Å²) in [6.45, 7) is 5.19. The summed E-state index contributed by atoms with van der Waals surface area (Å²) in [7, 11) is 0. The zero-order chi connectivity index (χ0) is 12.3. The van der Waals surface area contributed by atoms with Gasteiger partial charge in [-0.3, -0.25) is 4.79 Å². The minimum absolute atomic E-state index is 0.171. The van der Waals surface area contributed by atoms with Crippen LogP contribution in [-0.2, 0) is 4.79 Å². The molecule has 0 aromatic heterocycles. The molecule has 0 spiro atoms. The predicted molar refractivity (Wildman–Crippen MR) is 69.9 cm³/mol. The number of anilines is 2. The molecular weight excluding hydrogens is 214 g/mol. The molecule has 4 heteroatoms. The number of hydrogen-bond donors (Lipinski definition) is 1. The number of nitrogens with zero attached hydrogens (tertiary/aromatic N) is 2. The summed E-state index contributed by atoms with van der Waals surface area (Å²) in [5.74, 6) is 0.171. The fourth-order valence-electron chi connectivity index (χ4n) is 2.18. The summed E-state index contributed by atoms with van der Waals surface area (Å²) >= 11 is 0. The van der Waals surface area contributed by atoms with Gasteiger partial charge in [-0.05, 0) is 30.7 Å². The van der Waals surface area contributed by atoms with Gasteiger partial charge >= 0.3 is 0 Å². The van der Waals surface area contributed by atoms with E-state index in [0.717, 1.165) is 38.3 Å². The third-order valence-corrected chi connectivity index (χ3v) is 3.20. The van der Waals surface area contributed by atoms with Crippen molar-refractivity contribution in [2.24, 2.45) is 0 Å². The van der Waals surface area contributed by atoms with E-state index in [2.05, 4.69) is 4.90 Å². The second-order valence-electron chi connectivity index (χ2n) is 4.44. The third kappa shape index (κ3) is 2.90. The lowest BCUT2D eigenvalue weighted by atomic mass is 10.2. The van der Waals surface area contributed by atoms with E-state index >= 15 is 0 Å². The monoisotopic (exact) mass is 233 g/mol. The molecule has 1 saturated heterocycles.